The minimum absolute atomic E-state index is 0.235. The lowest BCUT2D eigenvalue weighted by Gasteiger charge is -2.09. The number of carbonyl (C=O) groups excluding carboxylic acids is 1. The number of rotatable bonds is 5. The lowest BCUT2D eigenvalue weighted by Crippen LogP contribution is -2.11. The molecule has 0 fully saturated rings. The van der Waals surface area contributed by atoms with Crippen molar-refractivity contribution in [3.63, 3.8) is 0 Å². The Balaban J connectivity index is 2.11. The number of pyridine rings is 1. The highest BCUT2D eigenvalue weighted by atomic mass is 16.5. The van der Waals surface area contributed by atoms with Gasteiger partial charge < -0.3 is 9.47 Å². The Bertz CT molecular complexity index is 596. The second kappa shape index (κ2) is 6.70. The summed E-state index contributed by atoms with van der Waals surface area (Å²) in [5.74, 6) is 0.383. The van der Waals surface area contributed by atoms with E-state index in [1.54, 1.807) is 25.3 Å². The average molecular weight is 271 g/mol. The fourth-order valence-corrected chi connectivity index (χ4v) is 1.80. The molecule has 4 heteroatoms. The van der Waals surface area contributed by atoms with Gasteiger partial charge in [-0.15, -0.1) is 0 Å². The summed E-state index contributed by atoms with van der Waals surface area (Å²) in [6.07, 6.45) is 1.64. The van der Waals surface area contributed by atoms with E-state index in [1.807, 2.05) is 31.2 Å². The van der Waals surface area contributed by atoms with E-state index in [1.165, 1.54) is 0 Å². The SMILES string of the molecule is CCOC(=O)c1cccnc1COc1cccc(C)c1. The monoisotopic (exact) mass is 271 g/mol. The van der Waals surface area contributed by atoms with Gasteiger partial charge >= 0.3 is 5.97 Å². The Morgan fingerprint density at radius 2 is 2.10 bits per heavy atom. The molecule has 2 aromatic rings. The van der Waals surface area contributed by atoms with Crippen LogP contribution in [0.1, 0.15) is 28.5 Å². The Hall–Kier alpha value is -2.36. The number of hydrogen-bond donors (Lipinski definition) is 0. The molecule has 0 spiro atoms. The van der Waals surface area contributed by atoms with Crippen LogP contribution in [-0.2, 0) is 11.3 Å². The topological polar surface area (TPSA) is 48.4 Å². The highest BCUT2D eigenvalue weighted by molar-refractivity contribution is 5.90. The van der Waals surface area contributed by atoms with E-state index in [0.29, 0.717) is 17.9 Å². The number of esters is 1. The first-order chi connectivity index (χ1) is 9.70. The van der Waals surface area contributed by atoms with Gasteiger partial charge in [-0.05, 0) is 43.7 Å². The predicted octanol–water partition coefficient (Wildman–Crippen LogP) is 3.15. The van der Waals surface area contributed by atoms with E-state index in [-0.39, 0.29) is 12.6 Å². The maximum Gasteiger partial charge on any atom is 0.340 e. The van der Waals surface area contributed by atoms with Gasteiger partial charge in [-0.2, -0.15) is 0 Å². The number of nitrogens with zero attached hydrogens (tertiary/aromatic N) is 1. The van der Waals surface area contributed by atoms with Crippen molar-refractivity contribution in [1.29, 1.82) is 0 Å². The summed E-state index contributed by atoms with van der Waals surface area (Å²) in [4.78, 5) is 16.0. The average Bonchev–Trinajstić information content (AvgIpc) is 2.46. The largest absolute Gasteiger partial charge is 0.487 e. The van der Waals surface area contributed by atoms with Crippen molar-refractivity contribution in [2.24, 2.45) is 0 Å². The molecule has 0 saturated heterocycles. The van der Waals surface area contributed by atoms with Crippen LogP contribution in [0.3, 0.4) is 0 Å². The van der Waals surface area contributed by atoms with E-state index in [2.05, 4.69) is 4.98 Å². The van der Waals surface area contributed by atoms with Gasteiger partial charge in [-0.25, -0.2) is 4.79 Å². The van der Waals surface area contributed by atoms with E-state index in [0.717, 1.165) is 11.3 Å². The number of aromatic nitrogens is 1. The van der Waals surface area contributed by atoms with Crippen LogP contribution in [0.15, 0.2) is 42.6 Å². The number of carbonyl (C=O) groups is 1. The maximum atomic E-state index is 11.8. The van der Waals surface area contributed by atoms with Gasteiger partial charge in [0.25, 0.3) is 0 Å². The van der Waals surface area contributed by atoms with E-state index in [4.69, 9.17) is 9.47 Å². The third-order valence-electron chi connectivity index (χ3n) is 2.75. The molecular formula is C16H17NO3. The summed E-state index contributed by atoms with van der Waals surface area (Å²) >= 11 is 0. The number of benzene rings is 1. The summed E-state index contributed by atoms with van der Waals surface area (Å²) in [6, 6.07) is 11.1. The summed E-state index contributed by atoms with van der Waals surface area (Å²) in [6.45, 7) is 4.35. The van der Waals surface area contributed by atoms with Gasteiger partial charge in [0.1, 0.15) is 12.4 Å². The molecule has 0 saturated carbocycles. The van der Waals surface area contributed by atoms with Crippen molar-refractivity contribution in [3.05, 3.63) is 59.4 Å². The van der Waals surface area contributed by atoms with Crippen LogP contribution < -0.4 is 4.74 Å². The van der Waals surface area contributed by atoms with Gasteiger partial charge in [0.05, 0.1) is 17.9 Å². The Kier molecular flexibility index (Phi) is 4.71. The van der Waals surface area contributed by atoms with Crippen LogP contribution in [0.5, 0.6) is 5.75 Å². The Morgan fingerprint density at radius 3 is 2.85 bits per heavy atom. The zero-order valence-corrected chi connectivity index (χ0v) is 11.6. The lowest BCUT2D eigenvalue weighted by molar-refractivity contribution is 0.0522. The predicted molar refractivity (Wildman–Crippen MR) is 75.7 cm³/mol. The highest BCUT2D eigenvalue weighted by Gasteiger charge is 2.13. The smallest absolute Gasteiger partial charge is 0.340 e. The van der Waals surface area contributed by atoms with E-state index < -0.39 is 0 Å². The second-order valence-electron chi connectivity index (χ2n) is 4.32. The van der Waals surface area contributed by atoms with Crippen LogP contribution in [0.2, 0.25) is 0 Å². The van der Waals surface area contributed by atoms with Crippen LogP contribution in [0.4, 0.5) is 0 Å². The molecule has 104 valence electrons. The molecule has 1 aromatic carbocycles. The van der Waals surface area contributed by atoms with Gasteiger partial charge in [0.15, 0.2) is 0 Å². The molecule has 1 heterocycles. The standard InChI is InChI=1S/C16H17NO3/c1-3-19-16(18)14-8-5-9-17-15(14)11-20-13-7-4-6-12(2)10-13/h4-10H,3,11H2,1-2H3. The molecule has 0 amide bonds. The zero-order chi connectivity index (χ0) is 14.4. The van der Waals surface area contributed by atoms with Gasteiger partial charge in [-0.1, -0.05) is 12.1 Å². The Labute approximate surface area is 118 Å². The van der Waals surface area contributed by atoms with Gasteiger partial charge in [-0.3, -0.25) is 4.98 Å². The summed E-state index contributed by atoms with van der Waals surface area (Å²) in [5, 5.41) is 0. The molecule has 0 aliphatic rings. The lowest BCUT2D eigenvalue weighted by atomic mass is 10.2. The van der Waals surface area contributed by atoms with Crippen molar-refractivity contribution >= 4 is 5.97 Å². The van der Waals surface area contributed by atoms with Gasteiger partial charge in [0, 0.05) is 6.20 Å². The molecule has 0 N–H and O–H groups in total. The number of hydrogen-bond acceptors (Lipinski definition) is 4. The quantitative estimate of drug-likeness (QED) is 0.784. The molecule has 1 aromatic heterocycles. The molecule has 0 unspecified atom stereocenters. The minimum atomic E-state index is -0.372. The molecule has 0 radical (unpaired) electrons. The third-order valence-corrected chi connectivity index (χ3v) is 2.75. The Morgan fingerprint density at radius 1 is 1.25 bits per heavy atom. The van der Waals surface area contributed by atoms with Crippen LogP contribution in [0.25, 0.3) is 0 Å². The van der Waals surface area contributed by atoms with E-state index >= 15 is 0 Å². The fourth-order valence-electron chi connectivity index (χ4n) is 1.80. The molecule has 20 heavy (non-hydrogen) atoms. The summed E-state index contributed by atoms with van der Waals surface area (Å²) in [5.41, 5.74) is 2.14. The van der Waals surface area contributed by atoms with Crippen LogP contribution in [0, 0.1) is 6.92 Å². The maximum absolute atomic E-state index is 11.8. The van der Waals surface area contributed by atoms with Crippen molar-refractivity contribution in [2.75, 3.05) is 6.61 Å². The molecule has 2 rings (SSSR count). The normalized spacial score (nSPS) is 10.1. The molecule has 4 nitrogen and oxygen atoms in total. The number of ether oxygens (including phenoxy) is 2. The first-order valence-corrected chi connectivity index (χ1v) is 6.51. The first-order valence-electron chi connectivity index (χ1n) is 6.51. The van der Waals surface area contributed by atoms with Crippen LogP contribution >= 0.6 is 0 Å². The third kappa shape index (κ3) is 3.57. The second-order valence-corrected chi connectivity index (χ2v) is 4.32. The van der Waals surface area contributed by atoms with Crippen molar-refractivity contribution in [1.82, 2.24) is 4.98 Å². The molecule has 0 aliphatic carbocycles. The summed E-state index contributed by atoms with van der Waals surface area (Å²) < 4.78 is 10.7. The fraction of sp³-hybridized carbons (Fsp3) is 0.250. The van der Waals surface area contributed by atoms with Gasteiger partial charge in [0.2, 0.25) is 0 Å². The van der Waals surface area contributed by atoms with Crippen molar-refractivity contribution < 1.29 is 14.3 Å². The first kappa shape index (κ1) is 14.1. The van der Waals surface area contributed by atoms with Crippen LogP contribution in [-0.4, -0.2) is 17.6 Å². The molecule has 0 atom stereocenters. The summed E-state index contributed by atoms with van der Waals surface area (Å²) in [7, 11) is 0. The minimum Gasteiger partial charge on any atom is -0.487 e. The number of aryl methyl sites for hydroxylation is 1. The molecule has 0 aliphatic heterocycles. The van der Waals surface area contributed by atoms with E-state index in [9.17, 15) is 4.79 Å². The zero-order valence-electron chi connectivity index (χ0n) is 11.6. The molecule has 0 bridgehead atoms. The van der Waals surface area contributed by atoms with Crippen molar-refractivity contribution in [2.45, 2.75) is 20.5 Å². The highest BCUT2D eigenvalue weighted by Crippen LogP contribution is 2.15. The molecular weight excluding hydrogens is 254 g/mol. The van der Waals surface area contributed by atoms with Crippen molar-refractivity contribution in [3.8, 4) is 5.75 Å².